The van der Waals surface area contributed by atoms with E-state index in [2.05, 4.69) is 37.6 Å². The van der Waals surface area contributed by atoms with E-state index < -0.39 is 0 Å². The van der Waals surface area contributed by atoms with Crippen LogP contribution in [0.25, 0.3) is 0 Å². The van der Waals surface area contributed by atoms with E-state index >= 15 is 0 Å². The Morgan fingerprint density at radius 2 is 1.94 bits per heavy atom. The molecule has 0 aliphatic heterocycles. The molecule has 0 atom stereocenters. The van der Waals surface area contributed by atoms with Gasteiger partial charge in [0.05, 0.1) is 6.61 Å². The van der Waals surface area contributed by atoms with Gasteiger partial charge in [-0.25, -0.2) is 0 Å². The molecule has 3 nitrogen and oxygen atoms in total. The molecule has 2 N–H and O–H groups in total. The maximum Gasteiger partial charge on any atom is 0.0558 e. The van der Waals surface area contributed by atoms with Gasteiger partial charge >= 0.3 is 0 Å². The lowest BCUT2D eigenvalue weighted by Crippen LogP contribution is -2.41. The molecule has 18 heavy (non-hydrogen) atoms. The number of rotatable bonds is 7. The van der Waals surface area contributed by atoms with Gasteiger partial charge in [-0.2, -0.15) is 0 Å². The van der Waals surface area contributed by atoms with Crippen LogP contribution in [0.3, 0.4) is 0 Å². The van der Waals surface area contributed by atoms with Crippen molar-refractivity contribution in [1.82, 2.24) is 10.2 Å². The minimum Gasteiger partial charge on any atom is -0.395 e. The third kappa shape index (κ3) is 5.98. The first-order valence-corrected chi connectivity index (χ1v) is 7.19. The fourth-order valence-corrected chi connectivity index (χ4v) is 2.52. The van der Waals surface area contributed by atoms with Gasteiger partial charge in [-0.1, -0.05) is 19.4 Å². The largest absolute Gasteiger partial charge is 0.395 e. The minimum atomic E-state index is 0.137. The molecule has 0 saturated heterocycles. The van der Waals surface area contributed by atoms with E-state index in [-0.39, 0.29) is 12.1 Å². The van der Waals surface area contributed by atoms with Gasteiger partial charge in [-0.15, -0.1) is 0 Å². The van der Waals surface area contributed by atoms with E-state index in [4.69, 9.17) is 0 Å². The highest BCUT2D eigenvalue weighted by molar-refractivity contribution is 5.02. The molecule has 1 aliphatic carbocycles. The number of aliphatic hydroxyl groups excluding tert-OH is 1. The Balaban J connectivity index is 2.37. The average Bonchev–Trinajstić information content (AvgIpc) is 2.78. The van der Waals surface area contributed by atoms with E-state index in [1.807, 2.05) is 0 Å². The zero-order chi connectivity index (χ0) is 13.6. The van der Waals surface area contributed by atoms with Crippen LogP contribution in [0.5, 0.6) is 0 Å². The van der Waals surface area contributed by atoms with Crippen LogP contribution in [-0.4, -0.2) is 47.8 Å². The highest BCUT2D eigenvalue weighted by atomic mass is 16.3. The lowest BCUT2D eigenvalue weighted by molar-refractivity contribution is 0.161. The molecular weight excluding hydrogens is 224 g/mol. The van der Waals surface area contributed by atoms with E-state index in [1.165, 1.54) is 31.3 Å². The maximum absolute atomic E-state index is 9.18. The van der Waals surface area contributed by atoms with E-state index in [9.17, 15) is 5.11 Å². The zero-order valence-electron chi connectivity index (χ0n) is 12.3. The van der Waals surface area contributed by atoms with Crippen LogP contribution in [0.2, 0.25) is 0 Å². The molecule has 0 aromatic carbocycles. The summed E-state index contributed by atoms with van der Waals surface area (Å²) >= 11 is 0. The summed E-state index contributed by atoms with van der Waals surface area (Å²) in [5.74, 6) is 0. The Labute approximate surface area is 112 Å². The second-order valence-electron chi connectivity index (χ2n) is 6.49. The molecule has 0 radical (unpaired) electrons. The molecule has 0 aromatic rings. The average molecular weight is 254 g/mol. The van der Waals surface area contributed by atoms with Gasteiger partial charge in [-0.05, 0) is 39.2 Å². The molecule has 106 valence electrons. The Morgan fingerprint density at radius 1 is 1.33 bits per heavy atom. The van der Waals surface area contributed by atoms with Gasteiger partial charge in [0.2, 0.25) is 0 Å². The molecule has 1 aliphatic rings. The Kier molecular flexibility index (Phi) is 6.33. The predicted molar refractivity (Wildman–Crippen MR) is 77.8 cm³/mol. The van der Waals surface area contributed by atoms with Gasteiger partial charge in [0.25, 0.3) is 0 Å². The van der Waals surface area contributed by atoms with Gasteiger partial charge < -0.3 is 10.4 Å². The van der Waals surface area contributed by atoms with Crippen molar-refractivity contribution < 1.29 is 5.11 Å². The zero-order valence-corrected chi connectivity index (χ0v) is 12.3. The molecule has 3 heteroatoms. The third-order valence-electron chi connectivity index (χ3n) is 3.52. The quantitative estimate of drug-likeness (QED) is 0.684. The van der Waals surface area contributed by atoms with Crippen molar-refractivity contribution in [2.45, 2.75) is 58.0 Å². The van der Waals surface area contributed by atoms with Crippen LogP contribution >= 0.6 is 0 Å². The van der Waals surface area contributed by atoms with Gasteiger partial charge in [0.15, 0.2) is 0 Å². The lowest BCUT2D eigenvalue weighted by Gasteiger charge is -2.30. The van der Waals surface area contributed by atoms with Crippen molar-refractivity contribution in [3.05, 3.63) is 12.2 Å². The smallest absolute Gasteiger partial charge is 0.0558 e. The van der Waals surface area contributed by atoms with E-state index in [0.29, 0.717) is 6.04 Å². The summed E-state index contributed by atoms with van der Waals surface area (Å²) in [6, 6.07) is 0.656. The first-order valence-electron chi connectivity index (χ1n) is 7.19. The summed E-state index contributed by atoms with van der Waals surface area (Å²) in [7, 11) is 0. The summed E-state index contributed by atoms with van der Waals surface area (Å²) < 4.78 is 0. The van der Waals surface area contributed by atoms with Crippen LogP contribution in [0.1, 0.15) is 46.5 Å². The fraction of sp³-hybridized carbons (Fsp3) is 0.867. The normalized spacial score (nSPS) is 17.6. The Morgan fingerprint density at radius 3 is 2.44 bits per heavy atom. The van der Waals surface area contributed by atoms with E-state index in [0.717, 1.165) is 19.6 Å². The maximum atomic E-state index is 9.18. The molecule has 0 unspecified atom stereocenters. The van der Waals surface area contributed by atoms with Crippen LogP contribution in [-0.2, 0) is 0 Å². The van der Waals surface area contributed by atoms with Crippen molar-refractivity contribution in [2.75, 3.05) is 26.2 Å². The fourth-order valence-electron chi connectivity index (χ4n) is 2.52. The molecule has 1 saturated carbocycles. The van der Waals surface area contributed by atoms with Crippen molar-refractivity contribution in [3.63, 3.8) is 0 Å². The van der Waals surface area contributed by atoms with Crippen LogP contribution in [0.15, 0.2) is 12.2 Å². The molecular formula is C15H30N2O. The number of hydrogen-bond donors (Lipinski definition) is 2. The number of nitrogens with one attached hydrogen (secondary N) is 1. The summed E-state index contributed by atoms with van der Waals surface area (Å²) in [5, 5.41) is 12.7. The van der Waals surface area contributed by atoms with Crippen LogP contribution in [0, 0.1) is 0 Å². The highest BCUT2D eigenvalue weighted by Crippen LogP contribution is 2.23. The van der Waals surface area contributed by atoms with Crippen molar-refractivity contribution >= 4 is 0 Å². The first-order chi connectivity index (χ1) is 8.42. The van der Waals surface area contributed by atoms with E-state index in [1.54, 1.807) is 0 Å². The predicted octanol–water partition coefficient (Wildman–Crippen LogP) is 2.17. The van der Waals surface area contributed by atoms with Gasteiger partial charge in [0.1, 0.15) is 0 Å². The standard InChI is InChI=1S/C15H30N2O/c1-13(11-16-15(2,3)4)12-17(9-10-18)14-7-5-6-8-14/h14,16,18H,1,5-12H2,2-4H3. The third-order valence-corrected chi connectivity index (χ3v) is 3.52. The molecule has 0 aromatic heterocycles. The minimum absolute atomic E-state index is 0.137. The highest BCUT2D eigenvalue weighted by Gasteiger charge is 2.22. The number of hydrogen-bond acceptors (Lipinski definition) is 3. The van der Waals surface area contributed by atoms with Crippen LogP contribution in [0.4, 0.5) is 0 Å². The summed E-state index contributed by atoms with van der Waals surface area (Å²) in [5.41, 5.74) is 1.35. The molecule has 0 bridgehead atoms. The molecule has 1 rings (SSSR count). The molecule has 0 spiro atoms. The lowest BCUT2D eigenvalue weighted by atomic mass is 10.1. The summed E-state index contributed by atoms with van der Waals surface area (Å²) in [4.78, 5) is 2.40. The van der Waals surface area contributed by atoms with Gasteiger partial charge in [0, 0.05) is 31.2 Å². The Hall–Kier alpha value is -0.380. The van der Waals surface area contributed by atoms with Crippen molar-refractivity contribution in [1.29, 1.82) is 0 Å². The summed E-state index contributed by atoms with van der Waals surface area (Å²) in [6.07, 6.45) is 5.22. The van der Waals surface area contributed by atoms with Crippen LogP contribution < -0.4 is 5.32 Å². The monoisotopic (exact) mass is 254 g/mol. The molecule has 1 fully saturated rings. The Bertz CT molecular complexity index is 252. The topological polar surface area (TPSA) is 35.5 Å². The summed E-state index contributed by atoms with van der Waals surface area (Å²) in [6.45, 7) is 13.5. The van der Waals surface area contributed by atoms with Crippen molar-refractivity contribution in [3.8, 4) is 0 Å². The number of aliphatic hydroxyl groups is 1. The molecule has 0 heterocycles. The molecule has 0 amide bonds. The second kappa shape index (κ2) is 7.27. The number of nitrogens with zero attached hydrogens (tertiary/aromatic N) is 1. The van der Waals surface area contributed by atoms with Gasteiger partial charge in [-0.3, -0.25) is 4.90 Å². The SMILES string of the molecule is C=C(CNC(C)(C)C)CN(CCO)C1CCCC1. The van der Waals surface area contributed by atoms with Crippen molar-refractivity contribution in [2.24, 2.45) is 0 Å². The second-order valence-corrected chi connectivity index (χ2v) is 6.49. The first kappa shape index (κ1) is 15.7.